The number of anilines is 1. The topological polar surface area (TPSA) is 105 Å². The van der Waals surface area contributed by atoms with Crippen molar-refractivity contribution in [2.75, 3.05) is 5.32 Å². The van der Waals surface area contributed by atoms with E-state index in [-0.39, 0.29) is 16.9 Å². The van der Waals surface area contributed by atoms with Gasteiger partial charge in [0, 0.05) is 11.8 Å². The molecule has 2 rings (SSSR count). The maximum atomic E-state index is 12.5. The van der Waals surface area contributed by atoms with Crippen molar-refractivity contribution in [3.63, 3.8) is 0 Å². The summed E-state index contributed by atoms with van der Waals surface area (Å²) >= 11 is 0. The lowest BCUT2D eigenvalue weighted by Gasteiger charge is -2.11. The first kappa shape index (κ1) is 17.3. The van der Waals surface area contributed by atoms with E-state index in [1.807, 2.05) is 0 Å². The standard InChI is InChI=1S/C15H12F3N3O3/c16-15(17,18)9-4-3-8(11(22)7-9)6-12(23)21-10-2-1-5-20-13(10)14(19)24/h1-5,7,22H,6H2,(H2,19,24)(H,21,23). The number of hydrogen-bond acceptors (Lipinski definition) is 4. The van der Waals surface area contributed by atoms with E-state index in [0.29, 0.717) is 6.07 Å². The molecule has 0 aliphatic carbocycles. The van der Waals surface area contributed by atoms with Crippen LogP contribution in [0.1, 0.15) is 21.6 Å². The molecule has 0 atom stereocenters. The first-order valence-electron chi connectivity index (χ1n) is 6.62. The zero-order chi connectivity index (χ0) is 17.9. The summed E-state index contributed by atoms with van der Waals surface area (Å²) < 4.78 is 37.6. The highest BCUT2D eigenvalue weighted by Gasteiger charge is 2.31. The molecule has 9 heteroatoms. The molecule has 24 heavy (non-hydrogen) atoms. The van der Waals surface area contributed by atoms with Gasteiger partial charge in [-0.15, -0.1) is 0 Å². The number of benzene rings is 1. The Morgan fingerprint density at radius 3 is 2.54 bits per heavy atom. The number of carbonyl (C=O) groups is 2. The Bertz CT molecular complexity index is 791. The van der Waals surface area contributed by atoms with Crippen LogP contribution < -0.4 is 11.1 Å². The third-order valence-electron chi connectivity index (χ3n) is 3.08. The van der Waals surface area contributed by atoms with Crippen LogP contribution in [-0.2, 0) is 17.4 Å². The molecule has 2 amide bonds. The summed E-state index contributed by atoms with van der Waals surface area (Å²) in [4.78, 5) is 26.9. The number of rotatable bonds is 4. The fourth-order valence-electron chi connectivity index (χ4n) is 1.96. The number of nitrogens with two attached hydrogens (primary N) is 1. The zero-order valence-electron chi connectivity index (χ0n) is 12.1. The number of primary amides is 1. The molecule has 0 bridgehead atoms. The first-order valence-corrected chi connectivity index (χ1v) is 6.62. The fourth-order valence-corrected chi connectivity index (χ4v) is 1.96. The normalized spacial score (nSPS) is 11.1. The number of halogens is 3. The Morgan fingerprint density at radius 1 is 1.25 bits per heavy atom. The van der Waals surface area contributed by atoms with E-state index in [1.165, 1.54) is 18.3 Å². The van der Waals surface area contributed by atoms with Crippen LogP contribution >= 0.6 is 0 Å². The lowest BCUT2D eigenvalue weighted by molar-refractivity contribution is -0.137. The number of aromatic nitrogens is 1. The van der Waals surface area contributed by atoms with E-state index >= 15 is 0 Å². The van der Waals surface area contributed by atoms with Crippen LogP contribution in [0.15, 0.2) is 36.5 Å². The van der Waals surface area contributed by atoms with Crippen LogP contribution in [0.25, 0.3) is 0 Å². The minimum Gasteiger partial charge on any atom is -0.508 e. The molecular weight excluding hydrogens is 327 g/mol. The second-order valence-electron chi connectivity index (χ2n) is 4.83. The van der Waals surface area contributed by atoms with Gasteiger partial charge < -0.3 is 16.2 Å². The third-order valence-corrected chi connectivity index (χ3v) is 3.08. The van der Waals surface area contributed by atoms with E-state index in [4.69, 9.17) is 5.73 Å². The molecule has 0 aliphatic rings. The molecule has 0 saturated heterocycles. The SMILES string of the molecule is NC(=O)c1ncccc1NC(=O)Cc1ccc(C(F)(F)F)cc1O. The van der Waals surface area contributed by atoms with Crippen molar-refractivity contribution in [1.82, 2.24) is 4.98 Å². The predicted molar refractivity (Wildman–Crippen MR) is 78.2 cm³/mol. The van der Waals surface area contributed by atoms with Crippen molar-refractivity contribution in [1.29, 1.82) is 0 Å². The molecule has 1 heterocycles. The van der Waals surface area contributed by atoms with Gasteiger partial charge in [-0.05, 0) is 24.3 Å². The van der Waals surface area contributed by atoms with Gasteiger partial charge in [0.05, 0.1) is 17.7 Å². The number of alkyl halides is 3. The number of nitrogens with one attached hydrogen (secondary N) is 1. The van der Waals surface area contributed by atoms with Gasteiger partial charge in [-0.1, -0.05) is 6.07 Å². The summed E-state index contributed by atoms with van der Waals surface area (Å²) in [7, 11) is 0. The highest BCUT2D eigenvalue weighted by molar-refractivity contribution is 6.01. The largest absolute Gasteiger partial charge is 0.508 e. The molecule has 0 fully saturated rings. The number of nitrogens with zero attached hydrogens (tertiary/aromatic N) is 1. The van der Waals surface area contributed by atoms with Gasteiger partial charge in [0.2, 0.25) is 5.91 Å². The summed E-state index contributed by atoms with van der Waals surface area (Å²) in [6, 6.07) is 5.19. The minimum atomic E-state index is -4.59. The maximum Gasteiger partial charge on any atom is 0.416 e. The van der Waals surface area contributed by atoms with Crippen LogP contribution in [0, 0.1) is 0 Å². The van der Waals surface area contributed by atoms with E-state index in [1.54, 1.807) is 0 Å². The summed E-state index contributed by atoms with van der Waals surface area (Å²) in [5.41, 5.74) is 4.03. The average molecular weight is 339 g/mol. The van der Waals surface area contributed by atoms with E-state index in [9.17, 15) is 27.9 Å². The monoisotopic (exact) mass is 339 g/mol. The Kier molecular flexibility index (Phi) is 4.72. The molecule has 6 nitrogen and oxygen atoms in total. The summed E-state index contributed by atoms with van der Waals surface area (Å²) in [6.45, 7) is 0. The van der Waals surface area contributed by atoms with Crippen molar-refractivity contribution in [2.45, 2.75) is 12.6 Å². The van der Waals surface area contributed by atoms with Gasteiger partial charge in [-0.25, -0.2) is 4.98 Å². The van der Waals surface area contributed by atoms with Crippen LogP contribution in [0.3, 0.4) is 0 Å². The van der Waals surface area contributed by atoms with Gasteiger partial charge in [0.15, 0.2) is 5.69 Å². The molecular formula is C15H12F3N3O3. The van der Waals surface area contributed by atoms with Crippen molar-refractivity contribution < 1.29 is 27.9 Å². The molecule has 0 unspecified atom stereocenters. The van der Waals surface area contributed by atoms with Gasteiger partial charge in [-0.2, -0.15) is 13.2 Å². The smallest absolute Gasteiger partial charge is 0.416 e. The van der Waals surface area contributed by atoms with E-state index in [2.05, 4.69) is 10.3 Å². The van der Waals surface area contributed by atoms with E-state index < -0.39 is 35.7 Å². The van der Waals surface area contributed by atoms with Gasteiger partial charge in [0.1, 0.15) is 5.75 Å². The number of aromatic hydroxyl groups is 1. The Morgan fingerprint density at radius 2 is 1.96 bits per heavy atom. The number of carbonyl (C=O) groups excluding carboxylic acids is 2. The number of hydrogen-bond donors (Lipinski definition) is 3. The molecule has 0 spiro atoms. The number of pyridine rings is 1. The van der Waals surface area contributed by atoms with Crippen molar-refractivity contribution in [3.05, 3.63) is 53.3 Å². The second kappa shape index (κ2) is 6.57. The van der Waals surface area contributed by atoms with Crippen LogP contribution in [0.5, 0.6) is 5.75 Å². The minimum absolute atomic E-state index is 0.00464. The van der Waals surface area contributed by atoms with E-state index in [0.717, 1.165) is 12.1 Å². The van der Waals surface area contributed by atoms with Gasteiger partial charge >= 0.3 is 6.18 Å². The number of amides is 2. The van der Waals surface area contributed by atoms with Crippen molar-refractivity contribution in [2.24, 2.45) is 5.73 Å². The summed E-state index contributed by atoms with van der Waals surface area (Å²) in [5, 5.41) is 12.0. The second-order valence-corrected chi connectivity index (χ2v) is 4.83. The maximum absolute atomic E-state index is 12.5. The lowest BCUT2D eigenvalue weighted by atomic mass is 10.1. The quantitative estimate of drug-likeness (QED) is 0.793. The molecule has 0 saturated carbocycles. The molecule has 0 radical (unpaired) electrons. The molecule has 2 aromatic rings. The van der Waals surface area contributed by atoms with Crippen LogP contribution in [-0.4, -0.2) is 21.9 Å². The zero-order valence-corrected chi connectivity index (χ0v) is 12.1. The Labute approximate surface area is 134 Å². The van der Waals surface area contributed by atoms with Gasteiger partial charge in [-0.3, -0.25) is 9.59 Å². The highest BCUT2D eigenvalue weighted by Crippen LogP contribution is 2.32. The number of phenols is 1. The molecule has 1 aromatic heterocycles. The first-order chi connectivity index (χ1) is 11.2. The van der Waals surface area contributed by atoms with Crippen LogP contribution in [0.4, 0.5) is 18.9 Å². The molecule has 126 valence electrons. The summed E-state index contributed by atoms with van der Waals surface area (Å²) in [5.74, 6) is -2.15. The molecule has 1 aromatic carbocycles. The van der Waals surface area contributed by atoms with Crippen molar-refractivity contribution >= 4 is 17.5 Å². The Hall–Kier alpha value is -3.10. The third kappa shape index (κ3) is 4.00. The van der Waals surface area contributed by atoms with Crippen LogP contribution in [0.2, 0.25) is 0 Å². The Balaban J connectivity index is 2.15. The fraction of sp³-hybridized carbons (Fsp3) is 0.133. The number of phenolic OH excluding ortho intramolecular Hbond substituents is 1. The van der Waals surface area contributed by atoms with Gasteiger partial charge in [0.25, 0.3) is 5.91 Å². The highest BCUT2D eigenvalue weighted by atomic mass is 19.4. The summed E-state index contributed by atoms with van der Waals surface area (Å²) in [6.07, 6.45) is -3.67. The predicted octanol–water partition coefficient (Wildman–Crippen LogP) is 2.09. The molecule has 4 N–H and O–H groups in total. The lowest BCUT2D eigenvalue weighted by Crippen LogP contribution is -2.20. The average Bonchev–Trinajstić information content (AvgIpc) is 2.48. The van der Waals surface area contributed by atoms with Crippen molar-refractivity contribution in [3.8, 4) is 5.75 Å². The molecule has 0 aliphatic heterocycles.